The van der Waals surface area contributed by atoms with E-state index in [1.165, 1.54) is 16.7 Å². The fourth-order valence-electron chi connectivity index (χ4n) is 1.41. The maximum Gasteiger partial charge on any atom is 0.303 e. The van der Waals surface area contributed by atoms with Crippen LogP contribution in [-0.4, -0.2) is 22.2 Å². The Labute approximate surface area is 155 Å². The minimum atomic E-state index is -0.745. The first-order chi connectivity index (χ1) is 8.99. The maximum absolute atomic E-state index is 9.37. The summed E-state index contributed by atoms with van der Waals surface area (Å²) in [5.41, 5.74) is 4.39. The average Bonchev–Trinajstić information content (AvgIpc) is 2.53. The van der Waals surface area contributed by atoms with E-state index in [0.29, 0.717) is 0 Å². The Balaban J connectivity index is -0.000000117. The van der Waals surface area contributed by atoms with E-state index >= 15 is 0 Å². The van der Waals surface area contributed by atoms with Gasteiger partial charge < -0.3 is 10.2 Å². The van der Waals surface area contributed by atoms with Crippen molar-refractivity contribution in [1.82, 2.24) is 0 Å². The van der Waals surface area contributed by atoms with E-state index in [1.807, 2.05) is 0 Å². The SMILES string of the molecule is CC1=[C-]C(C)(C)C(C)=C1C.CCC(=O)O.CCC(=O)O.Cl.[Ti]. The fraction of sp³-hybridized carbons (Fsp3) is 0.625. The van der Waals surface area contributed by atoms with Crippen LogP contribution in [0.3, 0.4) is 0 Å². The summed E-state index contributed by atoms with van der Waals surface area (Å²) in [6, 6.07) is 0. The molecule has 0 unspecified atom stereocenters. The largest absolute Gasteiger partial charge is 0.481 e. The normalized spacial score (nSPS) is 14.0. The van der Waals surface area contributed by atoms with E-state index in [-0.39, 0.29) is 52.4 Å². The van der Waals surface area contributed by atoms with Crippen LogP contribution >= 0.6 is 12.4 Å². The molecule has 1 rings (SSSR count). The number of rotatable bonds is 2. The van der Waals surface area contributed by atoms with Crippen LogP contribution in [0.5, 0.6) is 0 Å². The third-order valence-electron chi connectivity index (χ3n) is 3.17. The molecule has 0 bridgehead atoms. The molecule has 128 valence electrons. The molecule has 0 saturated heterocycles. The Morgan fingerprint density at radius 3 is 1.32 bits per heavy atom. The summed E-state index contributed by atoms with van der Waals surface area (Å²) >= 11 is 0. The van der Waals surface area contributed by atoms with Gasteiger partial charge in [0.25, 0.3) is 0 Å². The van der Waals surface area contributed by atoms with Crippen LogP contribution in [0, 0.1) is 11.5 Å². The predicted octanol–water partition coefficient (Wildman–Crippen LogP) is 4.49. The maximum atomic E-state index is 9.37. The molecule has 0 aromatic rings. The predicted molar refractivity (Wildman–Crippen MR) is 87.7 cm³/mol. The zero-order chi connectivity index (χ0) is 16.5. The molecule has 1 aliphatic rings. The van der Waals surface area contributed by atoms with Gasteiger partial charge in [0.1, 0.15) is 0 Å². The van der Waals surface area contributed by atoms with E-state index in [9.17, 15) is 9.59 Å². The van der Waals surface area contributed by atoms with Crippen LogP contribution in [0.2, 0.25) is 0 Å². The molecular weight excluding hydrogens is 339 g/mol. The summed E-state index contributed by atoms with van der Waals surface area (Å²) in [4.78, 5) is 18.7. The zero-order valence-corrected chi connectivity index (χ0v) is 16.9. The summed E-state index contributed by atoms with van der Waals surface area (Å²) in [6.07, 6.45) is 3.88. The van der Waals surface area contributed by atoms with Crippen LogP contribution in [-0.2, 0) is 31.3 Å². The van der Waals surface area contributed by atoms with E-state index in [4.69, 9.17) is 10.2 Å². The smallest absolute Gasteiger partial charge is 0.303 e. The first-order valence-electron chi connectivity index (χ1n) is 6.73. The van der Waals surface area contributed by atoms with Gasteiger partial charge in [-0.05, 0) is 0 Å². The van der Waals surface area contributed by atoms with Gasteiger partial charge in [-0.25, -0.2) is 5.57 Å². The summed E-state index contributed by atoms with van der Waals surface area (Å²) < 4.78 is 0. The minimum Gasteiger partial charge on any atom is -0.481 e. The Kier molecular flexibility index (Phi) is 18.8. The fourth-order valence-corrected chi connectivity index (χ4v) is 1.41. The second kappa shape index (κ2) is 14.0. The molecule has 0 amide bonds. The summed E-state index contributed by atoms with van der Waals surface area (Å²) in [7, 11) is 0. The van der Waals surface area contributed by atoms with Gasteiger partial charge in [0.05, 0.1) is 0 Å². The molecule has 0 atom stereocenters. The van der Waals surface area contributed by atoms with Gasteiger partial charge in [-0.15, -0.1) is 19.3 Å². The van der Waals surface area contributed by atoms with Crippen LogP contribution < -0.4 is 0 Å². The first-order valence-corrected chi connectivity index (χ1v) is 6.73. The molecule has 4 nitrogen and oxygen atoms in total. The van der Waals surface area contributed by atoms with Crippen molar-refractivity contribution in [1.29, 1.82) is 0 Å². The standard InChI is InChI=1S/C10H15.2C3H6O2.ClH.Ti/c1-7-6-10(4,5)9(3)8(7)2;2*1-2-3(4)5;;/h1-5H3;2*2H2,1H3,(H,4,5);1H;/q-1;;;;. The number of carboxylic acid groups (broad SMARTS) is 2. The second-order valence-electron chi connectivity index (χ2n) is 5.12. The number of hydrogen-bond donors (Lipinski definition) is 2. The molecule has 0 heterocycles. The minimum absolute atomic E-state index is 0. The van der Waals surface area contributed by atoms with Gasteiger partial charge >= 0.3 is 11.9 Å². The molecule has 2 N–H and O–H groups in total. The molecule has 0 spiro atoms. The average molecular weight is 368 g/mol. The molecule has 22 heavy (non-hydrogen) atoms. The Hall–Kier alpha value is -0.576. The molecule has 6 heteroatoms. The summed E-state index contributed by atoms with van der Waals surface area (Å²) in [5.74, 6) is -1.49. The van der Waals surface area contributed by atoms with Gasteiger partial charge in [0.15, 0.2) is 0 Å². The van der Waals surface area contributed by atoms with E-state index in [2.05, 4.69) is 40.7 Å². The van der Waals surface area contributed by atoms with Gasteiger partial charge in [-0.2, -0.15) is 11.1 Å². The van der Waals surface area contributed by atoms with Crippen molar-refractivity contribution in [3.05, 3.63) is 22.8 Å². The molecule has 0 saturated carbocycles. The number of carboxylic acids is 2. The second-order valence-corrected chi connectivity index (χ2v) is 5.12. The summed E-state index contributed by atoms with van der Waals surface area (Å²) in [6.45, 7) is 14.1. The number of aliphatic carboxylic acids is 2. The van der Waals surface area contributed by atoms with Crippen molar-refractivity contribution in [2.45, 2.75) is 61.3 Å². The van der Waals surface area contributed by atoms with Crippen molar-refractivity contribution in [3.63, 3.8) is 0 Å². The molecule has 1 aliphatic carbocycles. The van der Waals surface area contributed by atoms with Crippen LogP contribution in [0.15, 0.2) is 16.7 Å². The zero-order valence-electron chi connectivity index (χ0n) is 14.5. The third-order valence-corrected chi connectivity index (χ3v) is 3.17. The molecule has 0 aromatic carbocycles. The molecule has 0 fully saturated rings. The Bertz CT molecular complexity index is 398. The van der Waals surface area contributed by atoms with E-state index < -0.39 is 11.9 Å². The van der Waals surface area contributed by atoms with Crippen molar-refractivity contribution >= 4 is 24.3 Å². The van der Waals surface area contributed by atoms with Gasteiger partial charge in [-0.3, -0.25) is 15.7 Å². The van der Waals surface area contributed by atoms with Crippen LogP contribution in [0.4, 0.5) is 0 Å². The summed E-state index contributed by atoms with van der Waals surface area (Å²) in [5, 5.41) is 15.4. The molecule has 0 aromatic heterocycles. The molecule has 0 radical (unpaired) electrons. The van der Waals surface area contributed by atoms with Crippen molar-refractivity contribution in [3.8, 4) is 0 Å². The molecular formula is C16H28ClO4Ti-. The van der Waals surface area contributed by atoms with Gasteiger partial charge in [0.2, 0.25) is 0 Å². The topological polar surface area (TPSA) is 74.6 Å². The third kappa shape index (κ3) is 13.1. The van der Waals surface area contributed by atoms with Gasteiger partial charge in [0, 0.05) is 34.6 Å². The number of allylic oxidation sites excluding steroid dienone is 4. The van der Waals surface area contributed by atoms with Crippen molar-refractivity contribution in [2.75, 3.05) is 0 Å². The van der Waals surface area contributed by atoms with E-state index in [1.54, 1.807) is 13.8 Å². The quantitative estimate of drug-likeness (QED) is 0.557. The van der Waals surface area contributed by atoms with E-state index in [0.717, 1.165) is 0 Å². The molecule has 0 aliphatic heterocycles. The Morgan fingerprint density at radius 2 is 1.27 bits per heavy atom. The Morgan fingerprint density at radius 1 is 1.00 bits per heavy atom. The first kappa shape index (κ1) is 29.4. The van der Waals surface area contributed by atoms with Crippen LogP contribution in [0.1, 0.15) is 61.3 Å². The number of hydrogen-bond acceptors (Lipinski definition) is 2. The number of carbonyl (C=O) groups is 2. The van der Waals surface area contributed by atoms with Crippen molar-refractivity contribution < 1.29 is 41.5 Å². The van der Waals surface area contributed by atoms with Crippen LogP contribution in [0.25, 0.3) is 0 Å². The van der Waals surface area contributed by atoms with Gasteiger partial charge in [-0.1, -0.05) is 47.0 Å². The number of halogens is 1. The monoisotopic (exact) mass is 367 g/mol. The van der Waals surface area contributed by atoms with Crippen molar-refractivity contribution in [2.24, 2.45) is 5.41 Å².